The number of aromatic nitrogens is 5. The van der Waals surface area contributed by atoms with Gasteiger partial charge < -0.3 is 14.5 Å². The van der Waals surface area contributed by atoms with Crippen LogP contribution in [0.3, 0.4) is 0 Å². The van der Waals surface area contributed by atoms with Crippen molar-refractivity contribution in [2.24, 2.45) is 5.41 Å². The Morgan fingerprint density at radius 1 is 1.18 bits per heavy atom. The topological polar surface area (TPSA) is 101 Å². The van der Waals surface area contributed by atoms with Gasteiger partial charge in [0.2, 0.25) is 0 Å². The molecule has 10 nitrogen and oxygen atoms in total. The van der Waals surface area contributed by atoms with Crippen LogP contribution in [-0.4, -0.2) is 81.2 Å². The number of carbonyl (C=O) groups is 1. The summed E-state index contributed by atoms with van der Waals surface area (Å²) in [6, 6.07) is 11.6. The second-order valence-electron chi connectivity index (χ2n) is 11.0. The Bertz CT molecular complexity index is 1550. The Morgan fingerprint density at radius 3 is 2.60 bits per heavy atom. The minimum atomic E-state index is -0.239. The molecule has 2 fully saturated rings. The Labute approximate surface area is 237 Å². The summed E-state index contributed by atoms with van der Waals surface area (Å²) in [5, 5.41) is 8.26. The van der Waals surface area contributed by atoms with Gasteiger partial charge in [-0.2, -0.15) is 5.10 Å². The van der Waals surface area contributed by atoms with Crippen molar-refractivity contribution in [1.29, 1.82) is 0 Å². The Morgan fingerprint density at radius 2 is 1.93 bits per heavy atom. The van der Waals surface area contributed by atoms with E-state index in [0.717, 1.165) is 56.8 Å². The molecule has 0 aliphatic carbocycles. The Kier molecular flexibility index (Phi) is 7.24. The average Bonchev–Trinajstić information content (AvgIpc) is 3.70. The molecule has 0 radical (unpaired) electrons. The van der Waals surface area contributed by atoms with Gasteiger partial charge in [-0.25, -0.2) is 14.3 Å². The molecule has 0 spiro atoms. The highest BCUT2D eigenvalue weighted by molar-refractivity contribution is 6.30. The number of H-pyrrole nitrogens is 1. The standard InChI is InChI=1S/C29H34ClN7O3/c1-20(38)29(11-15-40-16-12-29)10-14-34(2)24-9-13-35(18-24)26-8-7-23(17-31-26)37-28(39)27-25(32-37)19-36(33-27)22-5-3-21(30)4-6-22/h3-8,17,19,24,32H,9-16,18H2,1-2H3. The maximum atomic E-state index is 13.1. The Balaban J connectivity index is 1.10. The lowest BCUT2D eigenvalue weighted by molar-refractivity contribution is -0.133. The lowest BCUT2D eigenvalue weighted by Crippen LogP contribution is -2.41. The third-order valence-electron chi connectivity index (χ3n) is 8.68. The first-order valence-electron chi connectivity index (χ1n) is 13.8. The zero-order valence-corrected chi connectivity index (χ0v) is 23.6. The molecule has 2 saturated heterocycles. The van der Waals surface area contributed by atoms with E-state index >= 15 is 0 Å². The number of carbonyl (C=O) groups excluding carboxylic acids is 1. The molecule has 1 unspecified atom stereocenters. The number of likely N-dealkylation sites (N-methyl/N-ethyl adjacent to an activating group) is 1. The number of nitrogens with one attached hydrogen (secondary N) is 1. The van der Waals surface area contributed by atoms with E-state index in [2.05, 4.69) is 32.0 Å². The van der Waals surface area contributed by atoms with Crippen LogP contribution in [-0.2, 0) is 9.53 Å². The van der Waals surface area contributed by atoms with E-state index in [9.17, 15) is 9.59 Å². The summed E-state index contributed by atoms with van der Waals surface area (Å²) in [5.74, 6) is 1.18. The summed E-state index contributed by atoms with van der Waals surface area (Å²) in [6.45, 7) is 5.77. The van der Waals surface area contributed by atoms with Crippen molar-refractivity contribution < 1.29 is 9.53 Å². The highest BCUT2D eigenvalue weighted by Gasteiger charge is 2.38. The second kappa shape index (κ2) is 10.8. The molecule has 0 saturated carbocycles. The molecule has 4 aromatic rings. The number of anilines is 1. The molecule has 1 atom stereocenters. The lowest BCUT2D eigenvalue weighted by Gasteiger charge is -2.37. The first kappa shape index (κ1) is 26.7. The van der Waals surface area contributed by atoms with Crippen LogP contribution in [0.4, 0.5) is 5.82 Å². The molecule has 40 heavy (non-hydrogen) atoms. The number of fused-ring (bicyclic) bond motifs is 1. The molecule has 1 N–H and O–H groups in total. The van der Waals surface area contributed by atoms with Gasteiger partial charge in [0.05, 0.1) is 23.8 Å². The van der Waals surface area contributed by atoms with Gasteiger partial charge in [0.15, 0.2) is 5.52 Å². The van der Waals surface area contributed by atoms with Crippen molar-refractivity contribution in [3.05, 3.63) is 64.2 Å². The van der Waals surface area contributed by atoms with Crippen molar-refractivity contribution in [1.82, 2.24) is 29.4 Å². The molecule has 11 heteroatoms. The van der Waals surface area contributed by atoms with Crippen LogP contribution in [0.25, 0.3) is 22.4 Å². The highest BCUT2D eigenvalue weighted by Crippen LogP contribution is 2.36. The summed E-state index contributed by atoms with van der Waals surface area (Å²) < 4.78 is 8.65. The van der Waals surface area contributed by atoms with Crippen LogP contribution in [0.15, 0.2) is 53.6 Å². The number of rotatable bonds is 8. The minimum absolute atomic E-state index is 0.229. The van der Waals surface area contributed by atoms with Crippen LogP contribution >= 0.6 is 11.6 Å². The van der Waals surface area contributed by atoms with Gasteiger partial charge in [-0.05, 0) is 82.6 Å². The fourth-order valence-corrected chi connectivity index (χ4v) is 6.05. The maximum Gasteiger partial charge on any atom is 0.299 e. The van der Waals surface area contributed by atoms with Crippen LogP contribution in [0, 0.1) is 5.41 Å². The normalized spacial score (nSPS) is 19.1. The van der Waals surface area contributed by atoms with Crippen molar-refractivity contribution in [3.63, 3.8) is 0 Å². The summed E-state index contributed by atoms with van der Waals surface area (Å²) in [5.41, 5.74) is 2.01. The Hall–Kier alpha value is -3.47. The van der Waals surface area contributed by atoms with E-state index in [0.29, 0.717) is 46.8 Å². The van der Waals surface area contributed by atoms with E-state index < -0.39 is 0 Å². The fourth-order valence-electron chi connectivity index (χ4n) is 5.92. The van der Waals surface area contributed by atoms with Crippen molar-refractivity contribution in [2.45, 2.75) is 38.6 Å². The van der Waals surface area contributed by atoms with E-state index in [1.165, 1.54) is 4.68 Å². The van der Waals surface area contributed by atoms with Crippen molar-refractivity contribution in [2.75, 3.05) is 44.8 Å². The van der Waals surface area contributed by atoms with Gasteiger partial charge in [-0.15, -0.1) is 0 Å². The van der Waals surface area contributed by atoms with Gasteiger partial charge in [0.1, 0.15) is 17.1 Å². The van der Waals surface area contributed by atoms with Gasteiger partial charge in [0.25, 0.3) is 5.56 Å². The number of nitrogens with zero attached hydrogens (tertiary/aromatic N) is 6. The zero-order valence-electron chi connectivity index (χ0n) is 22.8. The quantitative estimate of drug-likeness (QED) is 0.347. The molecule has 0 amide bonds. The average molecular weight is 564 g/mol. The number of Topliss-reactive ketones (excluding diaryl/α,β-unsaturated/α-hetero) is 1. The van der Waals surface area contributed by atoms with Crippen LogP contribution in [0.2, 0.25) is 5.02 Å². The first-order chi connectivity index (χ1) is 19.3. The number of ketones is 1. The molecular weight excluding hydrogens is 530 g/mol. The van der Waals surface area contributed by atoms with E-state index in [1.54, 1.807) is 36.1 Å². The van der Waals surface area contributed by atoms with E-state index in [4.69, 9.17) is 16.3 Å². The number of benzene rings is 1. The van der Waals surface area contributed by atoms with Crippen LogP contribution < -0.4 is 10.5 Å². The summed E-state index contributed by atoms with van der Waals surface area (Å²) in [4.78, 5) is 34.9. The molecule has 3 aromatic heterocycles. The summed E-state index contributed by atoms with van der Waals surface area (Å²) >= 11 is 5.98. The SMILES string of the molecule is CC(=O)C1(CCN(C)C2CCN(c3ccc(-n4[nH]c5cn(-c6ccc(Cl)cc6)nc5c4=O)cn3)C2)CCOCC1. The highest BCUT2D eigenvalue weighted by atomic mass is 35.5. The van der Waals surface area contributed by atoms with E-state index in [-0.39, 0.29) is 11.0 Å². The van der Waals surface area contributed by atoms with Crippen LogP contribution in [0.1, 0.15) is 32.6 Å². The fraction of sp³-hybridized carbons (Fsp3) is 0.448. The molecular formula is C29H34ClN7O3. The van der Waals surface area contributed by atoms with Crippen molar-refractivity contribution in [3.8, 4) is 11.4 Å². The molecule has 2 aliphatic heterocycles. The van der Waals surface area contributed by atoms with Crippen LogP contribution in [0.5, 0.6) is 0 Å². The number of pyridine rings is 1. The lowest BCUT2D eigenvalue weighted by atomic mass is 9.74. The predicted molar refractivity (Wildman–Crippen MR) is 155 cm³/mol. The summed E-state index contributed by atoms with van der Waals surface area (Å²) in [6.07, 6.45) is 7.07. The van der Waals surface area contributed by atoms with Gasteiger partial charge in [0, 0.05) is 42.8 Å². The number of aromatic amines is 1. The van der Waals surface area contributed by atoms with E-state index in [1.807, 2.05) is 24.3 Å². The van der Waals surface area contributed by atoms with Crippen molar-refractivity contribution >= 4 is 34.2 Å². The smallest absolute Gasteiger partial charge is 0.299 e. The summed E-state index contributed by atoms with van der Waals surface area (Å²) in [7, 11) is 2.16. The predicted octanol–water partition coefficient (Wildman–Crippen LogP) is 3.84. The molecule has 0 bridgehead atoms. The number of halogens is 1. The first-order valence-corrected chi connectivity index (χ1v) is 14.2. The molecule has 1 aromatic carbocycles. The maximum absolute atomic E-state index is 13.1. The third-order valence-corrected chi connectivity index (χ3v) is 8.94. The minimum Gasteiger partial charge on any atom is -0.381 e. The van der Waals surface area contributed by atoms with Gasteiger partial charge in [-0.1, -0.05) is 11.6 Å². The third kappa shape index (κ3) is 5.07. The number of hydrogen-bond acceptors (Lipinski definition) is 7. The largest absolute Gasteiger partial charge is 0.381 e. The zero-order chi connectivity index (χ0) is 27.9. The van der Waals surface area contributed by atoms with Gasteiger partial charge >= 0.3 is 0 Å². The number of hydrogen-bond donors (Lipinski definition) is 1. The molecule has 2 aliphatic rings. The molecule has 210 valence electrons. The second-order valence-corrected chi connectivity index (χ2v) is 11.4. The monoisotopic (exact) mass is 563 g/mol. The number of ether oxygens (including phenoxy) is 1. The molecule has 6 rings (SSSR count). The molecule has 5 heterocycles. The van der Waals surface area contributed by atoms with Gasteiger partial charge in [-0.3, -0.25) is 14.7 Å².